The number of carbonyl (C=O) groups is 2. The Balaban J connectivity index is 1.93. The summed E-state index contributed by atoms with van der Waals surface area (Å²) in [5.41, 5.74) is 1.03. The van der Waals surface area contributed by atoms with Crippen molar-refractivity contribution in [1.82, 2.24) is 20.8 Å². The molecule has 25 heavy (non-hydrogen) atoms. The molecule has 1 aromatic carbocycles. The summed E-state index contributed by atoms with van der Waals surface area (Å²) in [5.74, 6) is 0.686. The van der Waals surface area contributed by atoms with Crippen molar-refractivity contribution < 1.29 is 24.3 Å². The highest BCUT2D eigenvalue weighted by molar-refractivity contribution is 5.65. The van der Waals surface area contributed by atoms with Crippen LogP contribution < -0.4 is 10.6 Å². The Morgan fingerprint density at radius 2 is 1.88 bits per heavy atom. The Hall–Kier alpha value is -3.10. The number of carboxylic acid groups (broad SMARTS) is 2. The lowest BCUT2D eigenvalue weighted by molar-refractivity contribution is 0.184. The lowest BCUT2D eigenvalue weighted by atomic mass is 10.1. The largest absolute Gasteiger partial charge is 0.465 e. The van der Waals surface area contributed by atoms with Crippen LogP contribution in [0.2, 0.25) is 0 Å². The molecule has 0 fully saturated rings. The third-order valence-corrected chi connectivity index (χ3v) is 3.48. The van der Waals surface area contributed by atoms with E-state index in [1.54, 1.807) is 0 Å². The topological polar surface area (TPSA) is 138 Å². The molecule has 1 heterocycles. The maximum Gasteiger partial charge on any atom is 0.405 e. The fourth-order valence-electron chi connectivity index (χ4n) is 2.33. The first-order valence-corrected chi connectivity index (χ1v) is 7.87. The van der Waals surface area contributed by atoms with Gasteiger partial charge in [-0.15, -0.1) is 0 Å². The van der Waals surface area contributed by atoms with Crippen molar-refractivity contribution >= 4 is 12.2 Å². The molecule has 0 radical (unpaired) electrons. The zero-order chi connectivity index (χ0) is 18.1. The van der Waals surface area contributed by atoms with E-state index in [0.29, 0.717) is 38.1 Å². The van der Waals surface area contributed by atoms with Gasteiger partial charge in [-0.1, -0.05) is 35.5 Å². The van der Waals surface area contributed by atoms with Crippen molar-refractivity contribution in [3.8, 4) is 0 Å². The number of benzene rings is 1. The zero-order valence-corrected chi connectivity index (χ0v) is 13.5. The number of amides is 2. The van der Waals surface area contributed by atoms with E-state index in [4.69, 9.17) is 14.7 Å². The summed E-state index contributed by atoms with van der Waals surface area (Å²) >= 11 is 0. The predicted octanol–water partition coefficient (Wildman–Crippen LogP) is 2.41. The number of aromatic nitrogens is 2. The summed E-state index contributed by atoms with van der Waals surface area (Å²) in [7, 11) is 0. The van der Waals surface area contributed by atoms with Gasteiger partial charge in [-0.25, -0.2) is 9.59 Å². The van der Waals surface area contributed by atoms with Crippen molar-refractivity contribution in [2.45, 2.75) is 31.7 Å². The number of hydrogen-bond donors (Lipinski definition) is 4. The second-order valence-electron chi connectivity index (χ2n) is 5.44. The van der Waals surface area contributed by atoms with E-state index < -0.39 is 18.2 Å². The van der Waals surface area contributed by atoms with Gasteiger partial charge >= 0.3 is 12.2 Å². The average Bonchev–Trinajstić information content (AvgIpc) is 3.02. The number of unbranched alkanes of at least 4 members (excludes halogenated alkanes) is 1. The Morgan fingerprint density at radius 1 is 1.12 bits per heavy atom. The van der Waals surface area contributed by atoms with E-state index >= 15 is 0 Å². The van der Waals surface area contributed by atoms with Crippen molar-refractivity contribution in [1.29, 1.82) is 0 Å². The molecule has 1 aromatic heterocycles. The molecule has 0 aliphatic heterocycles. The SMILES string of the molecule is O=C(O)NCCCCC(NC(=O)O)c1nc(Cc2ccccc2)no1. The van der Waals surface area contributed by atoms with Crippen LogP contribution in [-0.4, -0.2) is 39.1 Å². The Kier molecular flexibility index (Phi) is 6.76. The second kappa shape index (κ2) is 9.26. The van der Waals surface area contributed by atoms with Gasteiger partial charge in [0.25, 0.3) is 0 Å². The van der Waals surface area contributed by atoms with E-state index in [0.717, 1.165) is 5.56 Å². The normalized spacial score (nSPS) is 11.7. The highest BCUT2D eigenvalue weighted by Gasteiger charge is 2.20. The van der Waals surface area contributed by atoms with Gasteiger partial charge in [0.05, 0.1) is 0 Å². The first-order valence-electron chi connectivity index (χ1n) is 7.87. The van der Waals surface area contributed by atoms with Crippen molar-refractivity contribution in [3.63, 3.8) is 0 Å². The minimum atomic E-state index is -1.18. The Morgan fingerprint density at radius 3 is 2.56 bits per heavy atom. The number of nitrogens with one attached hydrogen (secondary N) is 2. The van der Waals surface area contributed by atoms with Crippen LogP contribution >= 0.6 is 0 Å². The molecule has 134 valence electrons. The van der Waals surface area contributed by atoms with Crippen LogP contribution in [0.5, 0.6) is 0 Å². The van der Waals surface area contributed by atoms with Crippen LogP contribution in [0.3, 0.4) is 0 Å². The fraction of sp³-hybridized carbons (Fsp3) is 0.375. The van der Waals surface area contributed by atoms with E-state index in [1.165, 1.54) is 0 Å². The Labute approximate surface area is 144 Å². The molecule has 4 N–H and O–H groups in total. The number of rotatable bonds is 9. The Bertz CT molecular complexity index is 689. The van der Waals surface area contributed by atoms with Gasteiger partial charge in [-0.05, 0) is 24.8 Å². The summed E-state index contributed by atoms with van der Waals surface area (Å²) in [5, 5.41) is 26.0. The van der Waals surface area contributed by atoms with Gasteiger partial charge < -0.3 is 25.4 Å². The molecule has 2 aromatic rings. The highest BCUT2D eigenvalue weighted by atomic mass is 16.5. The molecule has 2 rings (SSSR count). The summed E-state index contributed by atoms with van der Waals surface area (Å²) in [6, 6.07) is 9.00. The van der Waals surface area contributed by atoms with Crippen LogP contribution in [0, 0.1) is 0 Å². The lowest BCUT2D eigenvalue weighted by Gasteiger charge is -2.12. The molecule has 0 aliphatic rings. The summed E-state index contributed by atoms with van der Waals surface area (Å²) < 4.78 is 5.20. The first-order chi connectivity index (χ1) is 12.0. The standard InChI is InChI=1S/C16H20N4O5/c21-15(22)17-9-5-4-8-12(18-16(23)24)14-19-13(20-25-14)10-11-6-2-1-3-7-11/h1-3,6-7,12,17-18H,4-5,8-10H2,(H,21,22)(H,23,24). The molecule has 9 heteroatoms. The maximum absolute atomic E-state index is 11.0. The molecule has 0 aliphatic carbocycles. The molecule has 9 nitrogen and oxygen atoms in total. The van der Waals surface area contributed by atoms with Crippen molar-refractivity contribution in [2.75, 3.05) is 6.54 Å². The van der Waals surface area contributed by atoms with Gasteiger partial charge in [0.15, 0.2) is 5.82 Å². The molecule has 0 saturated heterocycles. The van der Waals surface area contributed by atoms with E-state index in [1.807, 2.05) is 30.3 Å². The smallest absolute Gasteiger partial charge is 0.405 e. The molecule has 2 amide bonds. The average molecular weight is 348 g/mol. The lowest BCUT2D eigenvalue weighted by Crippen LogP contribution is -2.27. The fourth-order valence-corrected chi connectivity index (χ4v) is 2.33. The summed E-state index contributed by atoms with van der Waals surface area (Å²) in [4.78, 5) is 25.6. The zero-order valence-electron chi connectivity index (χ0n) is 13.5. The van der Waals surface area contributed by atoms with Crippen LogP contribution in [0.25, 0.3) is 0 Å². The van der Waals surface area contributed by atoms with E-state index in [9.17, 15) is 9.59 Å². The summed E-state index contributed by atoms with van der Waals surface area (Å²) in [6.45, 7) is 0.304. The van der Waals surface area contributed by atoms with E-state index in [2.05, 4.69) is 20.8 Å². The van der Waals surface area contributed by atoms with Gasteiger partial charge in [0.1, 0.15) is 6.04 Å². The molecule has 0 spiro atoms. The quantitative estimate of drug-likeness (QED) is 0.510. The maximum atomic E-state index is 11.0. The predicted molar refractivity (Wildman–Crippen MR) is 87.3 cm³/mol. The van der Waals surface area contributed by atoms with Crippen LogP contribution in [-0.2, 0) is 6.42 Å². The van der Waals surface area contributed by atoms with Crippen LogP contribution in [0.15, 0.2) is 34.9 Å². The first kappa shape index (κ1) is 18.2. The molecular formula is C16H20N4O5. The number of nitrogens with zero attached hydrogens (tertiary/aromatic N) is 2. The van der Waals surface area contributed by atoms with Crippen molar-refractivity contribution in [3.05, 3.63) is 47.6 Å². The molecule has 0 bridgehead atoms. The van der Waals surface area contributed by atoms with Crippen molar-refractivity contribution in [2.24, 2.45) is 0 Å². The number of hydrogen-bond acceptors (Lipinski definition) is 5. The highest BCUT2D eigenvalue weighted by Crippen LogP contribution is 2.18. The molecular weight excluding hydrogens is 328 g/mol. The third kappa shape index (κ3) is 6.50. The molecule has 0 saturated carbocycles. The molecule has 1 unspecified atom stereocenters. The minimum absolute atomic E-state index is 0.208. The second-order valence-corrected chi connectivity index (χ2v) is 5.44. The molecule has 1 atom stereocenters. The minimum Gasteiger partial charge on any atom is -0.465 e. The van der Waals surface area contributed by atoms with E-state index in [-0.39, 0.29) is 5.89 Å². The monoisotopic (exact) mass is 348 g/mol. The van der Waals surface area contributed by atoms with Crippen LogP contribution in [0.1, 0.15) is 42.6 Å². The summed E-state index contributed by atoms with van der Waals surface area (Å²) in [6.07, 6.45) is -0.164. The van der Waals surface area contributed by atoms with Crippen LogP contribution in [0.4, 0.5) is 9.59 Å². The van der Waals surface area contributed by atoms with Gasteiger partial charge in [0.2, 0.25) is 5.89 Å². The van der Waals surface area contributed by atoms with Gasteiger partial charge in [0, 0.05) is 13.0 Å². The van der Waals surface area contributed by atoms with Gasteiger partial charge in [-0.3, -0.25) is 0 Å². The van der Waals surface area contributed by atoms with Gasteiger partial charge in [-0.2, -0.15) is 4.98 Å². The third-order valence-electron chi connectivity index (χ3n) is 3.48.